The first kappa shape index (κ1) is 15.0. The molecule has 0 aliphatic carbocycles. The van der Waals surface area contributed by atoms with Gasteiger partial charge in [0.1, 0.15) is 11.6 Å². The molecule has 0 amide bonds. The lowest BCUT2D eigenvalue weighted by molar-refractivity contribution is 0.157. The summed E-state index contributed by atoms with van der Waals surface area (Å²) in [5, 5.41) is 0.895. The molecule has 0 N–H and O–H groups in total. The Morgan fingerprint density at radius 3 is 2.41 bits per heavy atom. The molecular formula is C13H17Br2FO. The fraction of sp³-hybridized carbons (Fsp3) is 0.538. The van der Waals surface area contributed by atoms with E-state index in [2.05, 4.69) is 45.7 Å². The summed E-state index contributed by atoms with van der Waals surface area (Å²) in [6, 6.07) is 4.85. The van der Waals surface area contributed by atoms with Gasteiger partial charge in [-0.2, -0.15) is 0 Å². The third kappa shape index (κ3) is 3.95. The molecule has 0 saturated heterocycles. The highest BCUT2D eigenvalue weighted by molar-refractivity contribution is 9.10. The number of rotatable bonds is 6. The maximum absolute atomic E-state index is 13.3. The normalized spacial score (nSPS) is 11.6. The summed E-state index contributed by atoms with van der Waals surface area (Å²) in [6.45, 7) is 4.90. The quantitative estimate of drug-likeness (QED) is 0.630. The van der Waals surface area contributed by atoms with Crippen molar-refractivity contribution in [2.45, 2.75) is 26.7 Å². The topological polar surface area (TPSA) is 9.23 Å². The van der Waals surface area contributed by atoms with Crippen molar-refractivity contribution in [3.05, 3.63) is 28.5 Å². The van der Waals surface area contributed by atoms with E-state index >= 15 is 0 Å². The minimum absolute atomic E-state index is 0.129. The second kappa shape index (κ2) is 6.74. The highest BCUT2D eigenvalue weighted by Gasteiger charge is 2.25. The van der Waals surface area contributed by atoms with Crippen LogP contribution in [0.25, 0.3) is 0 Å². The molecular weight excluding hydrogens is 351 g/mol. The Kier molecular flexibility index (Phi) is 5.93. The van der Waals surface area contributed by atoms with Crippen molar-refractivity contribution < 1.29 is 9.13 Å². The predicted molar refractivity (Wildman–Crippen MR) is 76.4 cm³/mol. The van der Waals surface area contributed by atoms with Gasteiger partial charge in [0.05, 0.1) is 11.1 Å². The van der Waals surface area contributed by atoms with Gasteiger partial charge >= 0.3 is 0 Å². The zero-order valence-corrected chi connectivity index (χ0v) is 13.3. The van der Waals surface area contributed by atoms with Crippen molar-refractivity contribution in [1.29, 1.82) is 0 Å². The van der Waals surface area contributed by atoms with E-state index in [9.17, 15) is 4.39 Å². The first-order valence-corrected chi connectivity index (χ1v) is 7.62. The van der Waals surface area contributed by atoms with E-state index in [1.165, 1.54) is 6.07 Å². The third-order valence-electron chi connectivity index (χ3n) is 3.22. The first-order valence-electron chi connectivity index (χ1n) is 5.70. The summed E-state index contributed by atoms with van der Waals surface area (Å²) in [4.78, 5) is 0. The van der Waals surface area contributed by atoms with Crippen LogP contribution in [0.5, 0.6) is 5.75 Å². The predicted octanol–water partition coefficient (Wildman–Crippen LogP) is 5.17. The molecule has 1 rings (SSSR count). The first-order chi connectivity index (χ1) is 8.06. The van der Waals surface area contributed by atoms with Gasteiger partial charge in [0.15, 0.2) is 0 Å². The lowest BCUT2D eigenvalue weighted by atomic mass is 9.86. The van der Waals surface area contributed by atoms with Crippen LogP contribution in [0.1, 0.15) is 26.7 Å². The largest absolute Gasteiger partial charge is 0.493 e. The average Bonchev–Trinajstić information content (AvgIpc) is 2.36. The van der Waals surface area contributed by atoms with Crippen molar-refractivity contribution in [2.24, 2.45) is 5.41 Å². The number of alkyl halides is 1. The molecule has 4 heteroatoms. The monoisotopic (exact) mass is 366 g/mol. The van der Waals surface area contributed by atoms with E-state index in [1.54, 1.807) is 12.1 Å². The molecule has 0 radical (unpaired) electrons. The van der Waals surface area contributed by atoms with E-state index in [0.29, 0.717) is 16.8 Å². The number of hydrogen-bond acceptors (Lipinski definition) is 1. The van der Waals surface area contributed by atoms with Crippen LogP contribution < -0.4 is 4.74 Å². The van der Waals surface area contributed by atoms with Gasteiger partial charge in [0.25, 0.3) is 0 Å². The zero-order chi connectivity index (χ0) is 12.9. The fourth-order valence-electron chi connectivity index (χ4n) is 1.48. The molecule has 0 bridgehead atoms. The molecule has 0 spiro atoms. The molecule has 96 valence electrons. The van der Waals surface area contributed by atoms with Crippen LogP contribution in [0.15, 0.2) is 22.7 Å². The fourth-order valence-corrected chi connectivity index (χ4v) is 2.69. The van der Waals surface area contributed by atoms with Gasteiger partial charge < -0.3 is 4.74 Å². The maximum atomic E-state index is 13.3. The third-order valence-corrected chi connectivity index (χ3v) is 5.05. The molecule has 0 unspecified atom stereocenters. The summed E-state index contributed by atoms with van der Waals surface area (Å²) in [6.07, 6.45) is 2.07. The van der Waals surface area contributed by atoms with Crippen molar-refractivity contribution in [3.8, 4) is 5.75 Å². The minimum Gasteiger partial charge on any atom is -0.493 e. The number of benzene rings is 1. The van der Waals surface area contributed by atoms with Crippen LogP contribution in [0.2, 0.25) is 0 Å². The van der Waals surface area contributed by atoms with Crippen LogP contribution in [0.3, 0.4) is 0 Å². The van der Waals surface area contributed by atoms with Crippen molar-refractivity contribution in [3.63, 3.8) is 0 Å². The standard InChI is InChI=1S/C13H17Br2FO/c1-3-13(4-2,8-14)9-17-10-5-6-11(15)12(16)7-10/h5-7H,3-4,8-9H2,1-2H3. The molecule has 0 atom stereocenters. The van der Waals surface area contributed by atoms with Crippen molar-refractivity contribution in [1.82, 2.24) is 0 Å². The Balaban J connectivity index is 2.68. The van der Waals surface area contributed by atoms with Gasteiger partial charge in [-0.1, -0.05) is 29.8 Å². The molecule has 1 aromatic rings. The van der Waals surface area contributed by atoms with Crippen molar-refractivity contribution >= 4 is 31.9 Å². The summed E-state index contributed by atoms with van der Waals surface area (Å²) in [5.41, 5.74) is 0.129. The van der Waals surface area contributed by atoms with Crippen LogP contribution in [-0.2, 0) is 0 Å². The van der Waals surface area contributed by atoms with Gasteiger partial charge in [0.2, 0.25) is 0 Å². The molecule has 1 aromatic carbocycles. The Morgan fingerprint density at radius 2 is 1.94 bits per heavy atom. The Bertz CT molecular complexity index is 356. The summed E-state index contributed by atoms with van der Waals surface area (Å²) >= 11 is 6.65. The summed E-state index contributed by atoms with van der Waals surface area (Å²) in [5.74, 6) is 0.290. The lowest BCUT2D eigenvalue weighted by Crippen LogP contribution is -2.29. The molecule has 0 aromatic heterocycles. The van der Waals surface area contributed by atoms with Gasteiger partial charge in [-0.05, 0) is 40.9 Å². The summed E-state index contributed by atoms with van der Waals surface area (Å²) < 4.78 is 19.5. The lowest BCUT2D eigenvalue weighted by Gasteiger charge is -2.29. The molecule has 0 saturated carbocycles. The van der Waals surface area contributed by atoms with Gasteiger partial charge in [0, 0.05) is 16.8 Å². The second-order valence-corrected chi connectivity index (χ2v) is 5.62. The Hall–Kier alpha value is -0.0900. The molecule has 0 heterocycles. The van der Waals surface area contributed by atoms with Crippen molar-refractivity contribution in [2.75, 3.05) is 11.9 Å². The van der Waals surface area contributed by atoms with E-state index in [4.69, 9.17) is 4.74 Å². The van der Waals surface area contributed by atoms with Crippen LogP contribution in [-0.4, -0.2) is 11.9 Å². The molecule has 0 aliphatic rings. The zero-order valence-electron chi connectivity index (χ0n) is 10.1. The average molecular weight is 368 g/mol. The van der Waals surface area contributed by atoms with E-state index in [-0.39, 0.29) is 11.2 Å². The van der Waals surface area contributed by atoms with E-state index in [0.717, 1.165) is 18.2 Å². The highest BCUT2D eigenvalue weighted by Crippen LogP contribution is 2.30. The molecule has 0 fully saturated rings. The van der Waals surface area contributed by atoms with Crippen LogP contribution in [0.4, 0.5) is 4.39 Å². The van der Waals surface area contributed by atoms with Gasteiger partial charge in [-0.3, -0.25) is 0 Å². The van der Waals surface area contributed by atoms with E-state index < -0.39 is 0 Å². The Morgan fingerprint density at radius 1 is 1.29 bits per heavy atom. The maximum Gasteiger partial charge on any atom is 0.141 e. The molecule has 17 heavy (non-hydrogen) atoms. The molecule has 0 aliphatic heterocycles. The van der Waals surface area contributed by atoms with Gasteiger partial charge in [-0.15, -0.1) is 0 Å². The number of hydrogen-bond donors (Lipinski definition) is 0. The number of halogens is 3. The van der Waals surface area contributed by atoms with Crippen LogP contribution in [0, 0.1) is 11.2 Å². The Labute approximate surface area is 119 Å². The van der Waals surface area contributed by atoms with Gasteiger partial charge in [-0.25, -0.2) is 4.39 Å². The SMILES string of the molecule is CCC(CC)(CBr)COc1ccc(Br)c(F)c1. The van der Waals surface area contributed by atoms with Crippen LogP contribution >= 0.6 is 31.9 Å². The minimum atomic E-state index is -0.292. The number of ether oxygens (including phenoxy) is 1. The second-order valence-electron chi connectivity index (χ2n) is 4.21. The smallest absolute Gasteiger partial charge is 0.141 e. The summed E-state index contributed by atoms with van der Waals surface area (Å²) in [7, 11) is 0. The van der Waals surface area contributed by atoms with E-state index in [1.807, 2.05) is 0 Å². The highest BCUT2D eigenvalue weighted by atomic mass is 79.9. The molecule has 1 nitrogen and oxygen atoms in total.